The van der Waals surface area contributed by atoms with Gasteiger partial charge in [0.1, 0.15) is 11.6 Å². The normalized spacial score (nSPS) is 14.7. The highest BCUT2D eigenvalue weighted by Crippen LogP contribution is 2.22. The van der Waals surface area contributed by atoms with Crippen molar-refractivity contribution in [1.29, 1.82) is 0 Å². The van der Waals surface area contributed by atoms with Gasteiger partial charge < -0.3 is 20.7 Å². The molecule has 0 unspecified atom stereocenters. The first kappa shape index (κ1) is 14.6. The lowest BCUT2D eigenvalue weighted by atomic mass is 9.86. The van der Waals surface area contributed by atoms with E-state index in [0.29, 0.717) is 0 Å². The fourth-order valence-corrected chi connectivity index (χ4v) is 1.75. The van der Waals surface area contributed by atoms with E-state index in [0.717, 1.165) is 25.1 Å². The van der Waals surface area contributed by atoms with Gasteiger partial charge in [0, 0.05) is 5.41 Å². The molecule has 18 heavy (non-hydrogen) atoms. The van der Waals surface area contributed by atoms with Gasteiger partial charge in [-0.15, -0.1) is 0 Å². The van der Waals surface area contributed by atoms with Crippen molar-refractivity contribution in [3.05, 3.63) is 24.2 Å². The van der Waals surface area contributed by atoms with E-state index in [2.05, 4.69) is 17.4 Å². The quantitative estimate of drug-likeness (QED) is 0.229. The van der Waals surface area contributed by atoms with Gasteiger partial charge in [-0.2, -0.15) is 0 Å². The Bertz CT molecular complexity index is 372. The smallest absolute Gasteiger partial charge is 0.144 e. The van der Waals surface area contributed by atoms with Crippen LogP contribution in [-0.2, 0) is 0 Å². The molecule has 0 saturated carbocycles. The third-order valence-electron chi connectivity index (χ3n) is 3.20. The average Bonchev–Trinajstić information content (AvgIpc) is 2.87. The molecule has 1 rings (SSSR count). The van der Waals surface area contributed by atoms with Crippen molar-refractivity contribution in [2.75, 3.05) is 6.54 Å². The highest BCUT2D eigenvalue weighted by molar-refractivity contribution is 5.85. The molecule has 0 aliphatic heterocycles. The molecular formula is C13H23N3O2. The highest BCUT2D eigenvalue weighted by atomic mass is 16.4. The minimum Gasteiger partial charge on any atom is -0.468 e. The summed E-state index contributed by atoms with van der Waals surface area (Å²) in [5.74, 6) is 1.22. The number of nitrogens with zero attached hydrogens (tertiary/aromatic N) is 1. The van der Waals surface area contributed by atoms with Crippen molar-refractivity contribution < 1.29 is 9.62 Å². The molecule has 0 aromatic carbocycles. The summed E-state index contributed by atoms with van der Waals surface area (Å²) in [5.41, 5.74) is 5.36. The van der Waals surface area contributed by atoms with Crippen LogP contribution >= 0.6 is 0 Å². The van der Waals surface area contributed by atoms with Crippen molar-refractivity contribution in [3.8, 4) is 0 Å². The summed E-state index contributed by atoms with van der Waals surface area (Å²) in [4.78, 5) is 0. The van der Waals surface area contributed by atoms with Gasteiger partial charge in [0.15, 0.2) is 0 Å². The Balaban J connectivity index is 2.27. The topological polar surface area (TPSA) is 83.8 Å². The number of amidine groups is 1. The van der Waals surface area contributed by atoms with E-state index in [-0.39, 0.29) is 17.3 Å². The summed E-state index contributed by atoms with van der Waals surface area (Å²) in [5, 5.41) is 15.1. The van der Waals surface area contributed by atoms with Gasteiger partial charge >= 0.3 is 0 Å². The fraction of sp³-hybridized carbons (Fsp3) is 0.615. The first-order valence-corrected chi connectivity index (χ1v) is 6.22. The van der Waals surface area contributed by atoms with Gasteiger partial charge in [-0.05, 0) is 38.4 Å². The molecule has 1 aromatic heterocycles. The zero-order valence-corrected chi connectivity index (χ0v) is 11.3. The Morgan fingerprint density at radius 3 is 2.89 bits per heavy atom. The Morgan fingerprint density at radius 1 is 1.61 bits per heavy atom. The van der Waals surface area contributed by atoms with Gasteiger partial charge in [0.25, 0.3) is 0 Å². The van der Waals surface area contributed by atoms with Crippen LogP contribution in [0.3, 0.4) is 0 Å². The predicted octanol–water partition coefficient (Wildman–Crippen LogP) is 2.48. The molecule has 0 radical (unpaired) electrons. The number of hydrogen-bond acceptors (Lipinski definition) is 4. The Labute approximate surface area is 108 Å². The molecule has 1 atom stereocenters. The average molecular weight is 253 g/mol. The molecule has 0 fully saturated rings. The van der Waals surface area contributed by atoms with E-state index in [1.807, 2.05) is 26.0 Å². The van der Waals surface area contributed by atoms with Gasteiger partial charge in [-0.25, -0.2) is 0 Å². The first-order chi connectivity index (χ1) is 8.47. The van der Waals surface area contributed by atoms with E-state index in [1.54, 1.807) is 6.26 Å². The van der Waals surface area contributed by atoms with Crippen LogP contribution in [0.15, 0.2) is 28.0 Å². The lowest BCUT2D eigenvalue weighted by molar-refractivity contribution is 0.304. The van der Waals surface area contributed by atoms with Gasteiger partial charge in [0.2, 0.25) is 0 Å². The number of nitrogens with two attached hydrogens (primary N) is 1. The Kier molecular flexibility index (Phi) is 5.22. The first-order valence-electron chi connectivity index (χ1n) is 6.22. The molecule has 0 spiro atoms. The van der Waals surface area contributed by atoms with Crippen LogP contribution < -0.4 is 11.1 Å². The van der Waals surface area contributed by atoms with Crippen LogP contribution in [0.4, 0.5) is 0 Å². The van der Waals surface area contributed by atoms with Crippen molar-refractivity contribution in [2.45, 2.75) is 39.7 Å². The standard InChI is InChI=1S/C13H23N3O2/c1-10(11-6-4-9-18-11)15-8-5-7-13(2,3)12(14)16-17/h4,6,9-10,15,17H,5,7-8H2,1-3H3,(H2,14,16)/t10-/m1/s1. The Hall–Kier alpha value is -1.49. The van der Waals surface area contributed by atoms with Crippen molar-refractivity contribution in [1.82, 2.24) is 5.32 Å². The van der Waals surface area contributed by atoms with E-state index >= 15 is 0 Å². The molecule has 0 aliphatic rings. The molecule has 0 bridgehead atoms. The van der Waals surface area contributed by atoms with Gasteiger partial charge in [0.05, 0.1) is 12.3 Å². The van der Waals surface area contributed by atoms with Gasteiger partial charge in [-0.1, -0.05) is 19.0 Å². The third-order valence-corrected chi connectivity index (χ3v) is 3.20. The summed E-state index contributed by atoms with van der Waals surface area (Å²) in [6, 6.07) is 4.04. The number of rotatable bonds is 7. The lowest BCUT2D eigenvalue weighted by Crippen LogP contribution is -2.32. The third kappa shape index (κ3) is 4.07. The summed E-state index contributed by atoms with van der Waals surface area (Å²) in [6.45, 7) is 6.87. The molecule has 4 N–H and O–H groups in total. The number of hydrogen-bond donors (Lipinski definition) is 3. The van der Waals surface area contributed by atoms with Crippen LogP contribution in [0.25, 0.3) is 0 Å². The predicted molar refractivity (Wildman–Crippen MR) is 71.5 cm³/mol. The van der Waals surface area contributed by atoms with E-state index < -0.39 is 0 Å². The van der Waals surface area contributed by atoms with Crippen molar-refractivity contribution >= 4 is 5.84 Å². The second kappa shape index (κ2) is 6.44. The van der Waals surface area contributed by atoms with Crippen molar-refractivity contribution in [2.24, 2.45) is 16.3 Å². The Morgan fingerprint density at radius 2 is 2.33 bits per heavy atom. The number of nitrogens with one attached hydrogen (secondary N) is 1. The largest absolute Gasteiger partial charge is 0.468 e. The maximum Gasteiger partial charge on any atom is 0.144 e. The molecule has 102 valence electrons. The summed E-state index contributed by atoms with van der Waals surface area (Å²) in [6.07, 6.45) is 3.49. The molecular weight excluding hydrogens is 230 g/mol. The minimum absolute atomic E-state index is 0.201. The summed E-state index contributed by atoms with van der Waals surface area (Å²) >= 11 is 0. The molecule has 5 nitrogen and oxygen atoms in total. The highest BCUT2D eigenvalue weighted by Gasteiger charge is 2.22. The molecule has 0 aliphatic carbocycles. The van der Waals surface area contributed by atoms with Crippen LogP contribution in [0.2, 0.25) is 0 Å². The minimum atomic E-state index is -0.273. The summed E-state index contributed by atoms with van der Waals surface area (Å²) in [7, 11) is 0. The monoisotopic (exact) mass is 253 g/mol. The molecule has 1 heterocycles. The zero-order valence-electron chi connectivity index (χ0n) is 11.3. The number of furan rings is 1. The van der Waals surface area contributed by atoms with Crippen molar-refractivity contribution in [3.63, 3.8) is 0 Å². The zero-order chi connectivity index (χ0) is 13.6. The number of oxime groups is 1. The summed E-state index contributed by atoms with van der Waals surface area (Å²) < 4.78 is 5.31. The molecule has 0 saturated heterocycles. The van der Waals surface area contributed by atoms with Crippen LogP contribution in [0, 0.1) is 5.41 Å². The van der Waals surface area contributed by atoms with E-state index in [1.165, 1.54) is 0 Å². The maximum atomic E-state index is 8.68. The second-order valence-corrected chi connectivity index (χ2v) is 5.16. The maximum absolute atomic E-state index is 8.68. The fourth-order valence-electron chi connectivity index (χ4n) is 1.75. The van der Waals surface area contributed by atoms with Crippen LogP contribution in [0.5, 0.6) is 0 Å². The van der Waals surface area contributed by atoms with E-state index in [9.17, 15) is 0 Å². The van der Waals surface area contributed by atoms with Crippen LogP contribution in [-0.4, -0.2) is 17.6 Å². The SMILES string of the molecule is C[C@@H](NCCCC(C)(C)/C(N)=N/O)c1ccco1. The van der Waals surface area contributed by atoms with E-state index in [4.69, 9.17) is 15.4 Å². The molecule has 1 aromatic rings. The molecule has 0 amide bonds. The van der Waals surface area contributed by atoms with Crippen LogP contribution in [0.1, 0.15) is 45.4 Å². The lowest BCUT2D eigenvalue weighted by Gasteiger charge is -2.23. The van der Waals surface area contributed by atoms with Gasteiger partial charge in [-0.3, -0.25) is 0 Å². The molecule has 5 heteroatoms. The second-order valence-electron chi connectivity index (χ2n) is 5.16.